The maximum atomic E-state index is 13.3. The van der Waals surface area contributed by atoms with Crippen LogP contribution in [0.25, 0.3) is 0 Å². The van der Waals surface area contributed by atoms with Gasteiger partial charge in [-0.1, -0.05) is 6.07 Å². The Morgan fingerprint density at radius 3 is 2.67 bits per heavy atom. The molecule has 2 aliphatic rings. The number of nitrogens with zero attached hydrogens (tertiary/aromatic N) is 2. The molecule has 30 heavy (non-hydrogen) atoms. The number of urea groups is 1. The molecule has 0 unspecified atom stereocenters. The molecule has 1 saturated heterocycles. The first-order valence-electron chi connectivity index (χ1n) is 9.83. The Bertz CT molecular complexity index is 1050. The maximum Gasteiger partial charge on any atom is 0.318 e. The standard InChI is InChI=1S/C21H22F2N4O3/c1-12(20(29)25-15-5-6-16(22)17(23)8-15)24-21(30)26-9-13-7-14(11-26)18-3-2-4-19(28)27(18)10-13/h2-6,8,12-14H,7,9-11H2,1H3,(H,24,30)(H,25,29)/t12-,13+,14-/m0/s1. The predicted octanol–water partition coefficient (Wildman–Crippen LogP) is 2.28. The van der Waals surface area contributed by atoms with Gasteiger partial charge in [0.05, 0.1) is 0 Å². The highest BCUT2D eigenvalue weighted by Crippen LogP contribution is 2.34. The molecule has 1 fully saturated rings. The van der Waals surface area contributed by atoms with Gasteiger partial charge in [0.25, 0.3) is 5.56 Å². The van der Waals surface area contributed by atoms with Crippen LogP contribution in [0.3, 0.4) is 0 Å². The smallest absolute Gasteiger partial charge is 0.318 e. The number of aromatic nitrogens is 1. The van der Waals surface area contributed by atoms with Crippen molar-refractivity contribution in [1.29, 1.82) is 0 Å². The van der Waals surface area contributed by atoms with Crippen molar-refractivity contribution in [1.82, 2.24) is 14.8 Å². The van der Waals surface area contributed by atoms with E-state index < -0.39 is 23.6 Å². The van der Waals surface area contributed by atoms with E-state index in [-0.39, 0.29) is 29.1 Å². The molecule has 7 nitrogen and oxygen atoms in total. The van der Waals surface area contributed by atoms with E-state index in [0.717, 1.165) is 24.2 Å². The van der Waals surface area contributed by atoms with E-state index in [1.807, 2.05) is 6.07 Å². The number of hydrogen-bond donors (Lipinski definition) is 2. The second-order valence-electron chi connectivity index (χ2n) is 7.89. The van der Waals surface area contributed by atoms with Gasteiger partial charge in [0.1, 0.15) is 6.04 Å². The zero-order chi connectivity index (χ0) is 21.4. The Morgan fingerprint density at radius 1 is 1.10 bits per heavy atom. The molecule has 9 heteroatoms. The fourth-order valence-electron chi connectivity index (χ4n) is 4.23. The highest BCUT2D eigenvalue weighted by Gasteiger charge is 2.36. The number of hydrogen-bond acceptors (Lipinski definition) is 3. The molecule has 2 bridgehead atoms. The normalized spacial score (nSPS) is 20.8. The fraction of sp³-hybridized carbons (Fsp3) is 0.381. The van der Waals surface area contributed by atoms with E-state index in [2.05, 4.69) is 10.6 Å². The van der Waals surface area contributed by atoms with Crippen LogP contribution in [0.4, 0.5) is 19.3 Å². The number of carbonyl (C=O) groups excluding carboxylic acids is 2. The topological polar surface area (TPSA) is 83.4 Å². The summed E-state index contributed by atoms with van der Waals surface area (Å²) in [6.07, 6.45) is 0.916. The van der Waals surface area contributed by atoms with Crippen molar-refractivity contribution >= 4 is 17.6 Å². The molecule has 0 spiro atoms. The largest absolute Gasteiger partial charge is 0.326 e. The van der Waals surface area contributed by atoms with E-state index in [4.69, 9.17) is 0 Å². The summed E-state index contributed by atoms with van der Waals surface area (Å²) < 4.78 is 28.1. The number of fused-ring (bicyclic) bond motifs is 4. The van der Waals surface area contributed by atoms with Crippen LogP contribution in [0.15, 0.2) is 41.2 Å². The summed E-state index contributed by atoms with van der Waals surface area (Å²) >= 11 is 0. The third-order valence-electron chi connectivity index (χ3n) is 5.69. The van der Waals surface area contributed by atoms with Crippen molar-refractivity contribution in [3.8, 4) is 0 Å². The number of pyridine rings is 1. The second-order valence-corrected chi connectivity index (χ2v) is 7.89. The molecule has 2 aromatic rings. The predicted molar refractivity (Wildman–Crippen MR) is 106 cm³/mol. The number of benzene rings is 1. The lowest BCUT2D eigenvalue weighted by molar-refractivity contribution is -0.117. The summed E-state index contributed by atoms with van der Waals surface area (Å²) in [7, 11) is 0. The van der Waals surface area contributed by atoms with Crippen LogP contribution < -0.4 is 16.2 Å². The van der Waals surface area contributed by atoms with E-state index in [0.29, 0.717) is 19.6 Å². The van der Waals surface area contributed by atoms with Crippen LogP contribution in [0.2, 0.25) is 0 Å². The van der Waals surface area contributed by atoms with Gasteiger partial charge >= 0.3 is 6.03 Å². The first-order chi connectivity index (χ1) is 14.3. The maximum absolute atomic E-state index is 13.3. The minimum atomic E-state index is -1.07. The molecule has 3 atom stereocenters. The number of piperidine rings is 1. The molecule has 0 aliphatic carbocycles. The minimum absolute atomic E-state index is 0.0253. The highest BCUT2D eigenvalue weighted by molar-refractivity contribution is 5.96. The second kappa shape index (κ2) is 7.89. The molecule has 3 amide bonds. The molecular weight excluding hydrogens is 394 g/mol. The lowest BCUT2D eigenvalue weighted by Gasteiger charge is -2.42. The van der Waals surface area contributed by atoms with Crippen molar-refractivity contribution in [3.05, 3.63) is 64.1 Å². The van der Waals surface area contributed by atoms with Gasteiger partial charge in [0.2, 0.25) is 5.91 Å². The first kappa shape index (κ1) is 20.1. The van der Waals surface area contributed by atoms with Crippen molar-refractivity contribution in [2.45, 2.75) is 31.8 Å². The minimum Gasteiger partial charge on any atom is -0.326 e. The molecule has 2 aliphatic heterocycles. The van der Waals surface area contributed by atoms with Crippen molar-refractivity contribution in [3.63, 3.8) is 0 Å². The van der Waals surface area contributed by atoms with Gasteiger partial charge in [0.15, 0.2) is 11.6 Å². The Labute approximate surface area is 171 Å². The average Bonchev–Trinajstić information content (AvgIpc) is 2.71. The van der Waals surface area contributed by atoms with Gasteiger partial charge < -0.3 is 20.1 Å². The van der Waals surface area contributed by atoms with Crippen LogP contribution in [-0.2, 0) is 11.3 Å². The highest BCUT2D eigenvalue weighted by atomic mass is 19.2. The molecular formula is C21H22F2N4O3. The van der Waals surface area contributed by atoms with Gasteiger partial charge in [-0.05, 0) is 37.5 Å². The van der Waals surface area contributed by atoms with Gasteiger partial charge in [-0.15, -0.1) is 0 Å². The summed E-state index contributed by atoms with van der Waals surface area (Å²) in [5.74, 6) is -2.36. The van der Waals surface area contributed by atoms with Gasteiger partial charge in [0, 0.05) is 49.1 Å². The van der Waals surface area contributed by atoms with Crippen LogP contribution in [0, 0.1) is 17.6 Å². The molecule has 2 N–H and O–H groups in total. The van der Waals surface area contributed by atoms with Gasteiger partial charge in [-0.3, -0.25) is 9.59 Å². The lowest BCUT2D eigenvalue weighted by atomic mass is 9.83. The molecule has 3 heterocycles. The zero-order valence-electron chi connectivity index (χ0n) is 16.4. The third-order valence-corrected chi connectivity index (χ3v) is 5.69. The molecule has 158 valence electrons. The third kappa shape index (κ3) is 3.92. The number of amides is 3. The number of nitrogens with one attached hydrogen (secondary N) is 2. The summed E-state index contributed by atoms with van der Waals surface area (Å²) in [4.78, 5) is 38.8. The summed E-state index contributed by atoms with van der Waals surface area (Å²) in [6.45, 7) is 3.05. The Kier molecular flexibility index (Phi) is 5.27. The summed E-state index contributed by atoms with van der Waals surface area (Å²) in [5.41, 5.74) is 1.01. The number of carbonyl (C=O) groups is 2. The van der Waals surface area contributed by atoms with E-state index in [1.165, 1.54) is 13.0 Å². The van der Waals surface area contributed by atoms with E-state index >= 15 is 0 Å². The molecule has 1 aromatic heterocycles. The van der Waals surface area contributed by atoms with E-state index in [9.17, 15) is 23.2 Å². The number of likely N-dealkylation sites (tertiary alicyclic amines) is 1. The van der Waals surface area contributed by atoms with Crippen LogP contribution in [0.5, 0.6) is 0 Å². The molecule has 0 saturated carbocycles. The van der Waals surface area contributed by atoms with Crippen molar-refractivity contribution in [2.24, 2.45) is 5.92 Å². The lowest BCUT2D eigenvalue weighted by Crippen LogP contribution is -2.54. The first-order valence-corrected chi connectivity index (χ1v) is 9.83. The quantitative estimate of drug-likeness (QED) is 0.805. The SMILES string of the molecule is C[C@H](NC(=O)N1C[C@H]2C[C@@H](C1)c1cccc(=O)n1C2)C(=O)Nc1ccc(F)c(F)c1. The number of anilines is 1. The van der Waals surface area contributed by atoms with Crippen molar-refractivity contribution < 1.29 is 18.4 Å². The Morgan fingerprint density at radius 2 is 1.90 bits per heavy atom. The monoisotopic (exact) mass is 416 g/mol. The molecule has 1 aromatic carbocycles. The van der Waals surface area contributed by atoms with Crippen molar-refractivity contribution in [2.75, 3.05) is 18.4 Å². The molecule has 4 rings (SSSR count). The Hall–Kier alpha value is -3.23. The average molecular weight is 416 g/mol. The Balaban J connectivity index is 1.39. The zero-order valence-corrected chi connectivity index (χ0v) is 16.4. The van der Waals surface area contributed by atoms with E-state index in [1.54, 1.807) is 21.6 Å². The summed E-state index contributed by atoms with van der Waals surface area (Å²) in [5, 5.41) is 5.12. The van der Waals surface area contributed by atoms with Crippen LogP contribution in [0.1, 0.15) is 25.0 Å². The van der Waals surface area contributed by atoms with Crippen LogP contribution in [-0.4, -0.2) is 40.5 Å². The number of rotatable bonds is 3. The van der Waals surface area contributed by atoms with Crippen LogP contribution >= 0.6 is 0 Å². The number of halogens is 2. The van der Waals surface area contributed by atoms with Gasteiger partial charge in [-0.2, -0.15) is 0 Å². The summed E-state index contributed by atoms with van der Waals surface area (Å²) in [6, 6.07) is 7.00. The fourth-order valence-corrected chi connectivity index (χ4v) is 4.23. The van der Waals surface area contributed by atoms with Gasteiger partial charge in [-0.25, -0.2) is 13.6 Å². The molecule has 0 radical (unpaired) electrons.